The van der Waals surface area contributed by atoms with Crippen LogP contribution in [0.4, 0.5) is 5.69 Å². The number of likely N-dealkylation sites (N-methyl/N-ethyl adjacent to an activating group) is 1. The minimum absolute atomic E-state index is 0. The molecule has 0 saturated heterocycles. The summed E-state index contributed by atoms with van der Waals surface area (Å²) in [5, 5.41) is 5.24. The molecule has 0 aliphatic heterocycles. The quantitative estimate of drug-likeness (QED) is 0.724. The van der Waals surface area contributed by atoms with Crippen LogP contribution in [-0.4, -0.2) is 29.4 Å². The molecular weight excluding hydrogens is 268 g/mol. The molecule has 0 aliphatic rings. The molecule has 0 aliphatic carbocycles. The van der Waals surface area contributed by atoms with Crippen LogP contribution in [0.2, 0.25) is 0 Å². The standard InChI is InChI=1S/C12H18N4O2.ClH/c1-3-14-12(18)8(2)16-11(17)6-10-5-4-9(13)7-15-10;/h4-5,7-8H,3,6,13H2,1-2H3,(H,14,18)(H,16,17);1H. The van der Waals surface area contributed by atoms with E-state index in [1.54, 1.807) is 19.1 Å². The van der Waals surface area contributed by atoms with E-state index in [0.717, 1.165) is 0 Å². The Bertz CT molecular complexity index is 422. The third-order valence-electron chi connectivity index (χ3n) is 2.31. The number of carbonyl (C=O) groups is 2. The normalized spacial score (nSPS) is 11.1. The molecule has 0 bridgehead atoms. The maximum atomic E-state index is 11.7. The molecule has 0 saturated carbocycles. The highest BCUT2D eigenvalue weighted by Gasteiger charge is 2.14. The molecule has 2 amide bonds. The number of nitrogens with two attached hydrogens (primary N) is 1. The third-order valence-corrected chi connectivity index (χ3v) is 2.31. The minimum atomic E-state index is -0.550. The maximum absolute atomic E-state index is 11.7. The summed E-state index contributed by atoms with van der Waals surface area (Å²) in [5.41, 5.74) is 6.66. The van der Waals surface area contributed by atoms with Gasteiger partial charge in [-0.15, -0.1) is 12.4 Å². The smallest absolute Gasteiger partial charge is 0.242 e. The number of hydrogen-bond acceptors (Lipinski definition) is 4. The molecule has 19 heavy (non-hydrogen) atoms. The van der Waals surface area contributed by atoms with Crippen molar-refractivity contribution >= 4 is 29.9 Å². The second-order valence-corrected chi connectivity index (χ2v) is 3.94. The predicted octanol–water partition coefficient (Wildman–Crippen LogP) is 0.269. The topological polar surface area (TPSA) is 97.1 Å². The summed E-state index contributed by atoms with van der Waals surface area (Å²) in [6, 6.07) is 2.82. The van der Waals surface area contributed by atoms with Gasteiger partial charge in [0.25, 0.3) is 0 Å². The molecule has 1 aromatic heterocycles. The van der Waals surface area contributed by atoms with Crippen LogP contribution in [0.3, 0.4) is 0 Å². The SMILES string of the molecule is CCNC(=O)C(C)NC(=O)Cc1ccc(N)cn1.Cl. The van der Waals surface area contributed by atoms with E-state index in [9.17, 15) is 9.59 Å². The van der Waals surface area contributed by atoms with Crippen molar-refractivity contribution in [3.05, 3.63) is 24.0 Å². The van der Waals surface area contributed by atoms with E-state index >= 15 is 0 Å². The van der Waals surface area contributed by atoms with Gasteiger partial charge in [0.05, 0.1) is 18.3 Å². The van der Waals surface area contributed by atoms with Crippen molar-refractivity contribution in [2.24, 2.45) is 0 Å². The largest absolute Gasteiger partial charge is 0.397 e. The molecular formula is C12H19ClN4O2. The van der Waals surface area contributed by atoms with Crippen molar-refractivity contribution in [3.8, 4) is 0 Å². The molecule has 1 heterocycles. The van der Waals surface area contributed by atoms with Gasteiger partial charge in [-0.1, -0.05) is 0 Å². The number of nitrogens with zero attached hydrogens (tertiary/aromatic N) is 1. The van der Waals surface area contributed by atoms with Gasteiger partial charge in [-0.3, -0.25) is 14.6 Å². The zero-order chi connectivity index (χ0) is 13.5. The summed E-state index contributed by atoms with van der Waals surface area (Å²) in [5.74, 6) is -0.442. The Hall–Kier alpha value is -1.82. The summed E-state index contributed by atoms with van der Waals surface area (Å²) >= 11 is 0. The van der Waals surface area contributed by atoms with Crippen molar-refractivity contribution in [3.63, 3.8) is 0 Å². The van der Waals surface area contributed by atoms with Crippen LogP contribution in [0, 0.1) is 0 Å². The van der Waals surface area contributed by atoms with Gasteiger partial charge in [0.15, 0.2) is 0 Å². The van der Waals surface area contributed by atoms with E-state index in [1.807, 2.05) is 6.92 Å². The molecule has 0 aromatic carbocycles. The first-order valence-electron chi connectivity index (χ1n) is 5.80. The fraction of sp³-hybridized carbons (Fsp3) is 0.417. The van der Waals surface area contributed by atoms with Gasteiger partial charge in [-0.05, 0) is 26.0 Å². The number of amides is 2. The van der Waals surface area contributed by atoms with E-state index < -0.39 is 6.04 Å². The monoisotopic (exact) mass is 286 g/mol. The van der Waals surface area contributed by atoms with Crippen LogP contribution in [0.1, 0.15) is 19.5 Å². The van der Waals surface area contributed by atoms with Crippen molar-refractivity contribution < 1.29 is 9.59 Å². The van der Waals surface area contributed by atoms with Crippen LogP contribution >= 0.6 is 12.4 Å². The third kappa shape index (κ3) is 6.05. The highest BCUT2D eigenvalue weighted by atomic mass is 35.5. The Kier molecular flexibility index (Phi) is 7.52. The van der Waals surface area contributed by atoms with E-state index in [0.29, 0.717) is 17.9 Å². The fourth-order valence-electron chi connectivity index (χ4n) is 1.39. The summed E-state index contributed by atoms with van der Waals surface area (Å²) in [6.45, 7) is 4.00. The molecule has 1 atom stereocenters. The lowest BCUT2D eigenvalue weighted by atomic mass is 10.2. The van der Waals surface area contributed by atoms with Crippen LogP contribution in [0.15, 0.2) is 18.3 Å². The number of anilines is 1. The van der Waals surface area contributed by atoms with Crippen LogP contribution in [-0.2, 0) is 16.0 Å². The summed E-state index contributed by atoms with van der Waals surface area (Å²) in [6.07, 6.45) is 1.62. The molecule has 0 fully saturated rings. The van der Waals surface area contributed by atoms with Crippen LogP contribution < -0.4 is 16.4 Å². The summed E-state index contributed by atoms with van der Waals surface area (Å²) < 4.78 is 0. The average Bonchev–Trinajstić information content (AvgIpc) is 2.32. The Morgan fingerprint density at radius 2 is 2.11 bits per heavy atom. The zero-order valence-electron chi connectivity index (χ0n) is 11.0. The predicted molar refractivity (Wildman–Crippen MR) is 75.9 cm³/mol. The lowest BCUT2D eigenvalue weighted by Crippen LogP contribution is -2.45. The lowest BCUT2D eigenvalue weighted by molar-refractivity contribution is -0.128. The number of pyridine rings is 1. The van der Waals surface area contributed by atoms with Gasteiger partial charge in [0.2, 0.25) is 11.8 Å². The van der Waals surface area contributed by atoms with Gasteiger partial charge in [-0.2, -0.15) is 0 Å². The molecule has 106 valence electrons. The summed E-state index contributed by atoms with van der Waals surface area (Å²) in [4.78, 5) is 27.1. The van der Waals surface area contributed by atoms with Gasteiger partial charge in [-0.25, -0.2) is 0 Å². The Balaban J connectivity index is 0.00000324. The zero-order valence-corrected chi connectivity index (χ0v) is 11.8. The molecule has 1 rings (SSSR count). The molecule has 0 radical (unpaired) electrons. The Labute approximate surface area is 118 Å². The maximum Gasteiger partial charge on any atom is 0.242 e. The molecule has 4 N–H and O–H groups in total. The minimum Gasteiger partial charge on any atom is -0.397 e. The number of halogens is 1. The second kappa shape index (κ2) is 8.31. The molecule has 6 nitrogen and oxygen atoms in total. The first kappa shape index (κ1) is 17.2. The molecule has 1 unspecified atom stereocenters. The van der Waals surface area contributed by atoms with Gasteiger partial charge < -0.3 is 16.4 Å². The van der Waals surface area contributed by atoms with E-state index in [1.165, 1.54) is 6.20 Å². The molecule has 1 aromatic rings. The van der Waals surface area contributed by atoms with E-state index in [2.05, 4.69) is 15.6 Å². The first-order chi connectivity index (χ1) is 8.52. The van der Waals surface area contributed by atoms with E-state index in [-0.39, 0.29) is 30.6 Å². The van der Waals surface area contributed by atoms with Crippen LogP contribution in [0.5, 0.6) is 0 Å². The number of aromatic nitrogens is 1. The van der Waals surface area contributed by atoms with Crippen LogP contribution in [0.25, 0.3) is 0 Å². The van der Waals surface area contributed by atoms with Crippen molar-refractivity contribution in [1.82, 2.24) is 15.6 Å². The van der Waals surface area contributed by atoms with Gasteiger partial charge in [0, 0.05) is 12.2 Å². The molecule has 7 heteroatoms. The number of hydrogen-bond donors (Lipinski definition) is 3. The van der Waals surface area contributed by atoms with Crippen molar-refractivity contribution in [1.29, 1.82) is 0 Å². The Morgan fingerprint density at radius 3 is 2.63 bits per heavy atom. The second-order valence-electron chi connectivity index (χ2n) is 3.94. The fourth-order valence-corrected chi connectivity index (χ4v) is 1.39. The highest BCUT2D eigenvalue weighted by Crippen LogP contribution is 2.01. The van der Waals surface area contributed by atoms with Crippen molar-refractivity contribution in [2.45, 2.75) is 26.3 Å². The lowest BCUT2D eigenvalue weighted by Gasteiger charge is -2.13. The molecule has 0 spiro atoms. The highest BCUT2D eigenvalue weighted by molar-refractivity contribution is 5.87. The van der Waals surface area contributed by atoms with Crippen molar-refractivity contribution in [2.75, 3.05) is 12.3 Å². The number of rotatable bonds is 5. The Morgan fingerprint density at radius 1 is 1.42 bits per heavy atom. The number of nitrogens with one attached hydrogen (secondary N) is 2. The van der Waals surface area contributed by atoms with Gasteiger partial charge >= 0.3 is 0 Å². The number of nitrogen functional groups attached to an aromatic ring is 1. The van der Waals surface area contributed by atoms with E-state index in [4.69, 9.17) is 5.73 Å². The van der Waals surface area contributed by atoms with Gasteiger partial charge in [0.1, 0.15) is 6.04 Å². The first-order valence-corrected chi connectivity index (χ1v) is 5.80. The average molecular weight is 287 g/mol. The number of carbonyl (C=O) groups excluding carboxylic acids is 2. The summed E-state index contributed by atoms with van der Waals surface area (Å²) in [7, 11) is 0.